The third-order valence-corrected chi connectivity index (χ3v) is 4.33. The molecule has 0 radical (unpaired) electrons. The van der Waals surface area contributed by atoms with Gasteiger partial charge in [0, 0.05) is 24.8 Å². The van der Waals surface area contributed by atoms with Gasteiger partial charge < -0.3 is 9.84 Å². The van der Waals surface area contributed by atoms with Crippen LogP contribution in [0.25, 0.3) is 22.1 Å². The fraction of sp³-hybridized carbons (Fsp3) is 0.182. The van der Waals surface area contributed by atoms with Gasteiger partial charge in [0.2, 0.25) is 0 Å². The Hall–Kier alpha value is -3.61. The summed E-state index contributed by atoms with van der Waals surface area (Å²) in [5.41, 5.74) is 4.36. The number of benzene rings is 1. The summed E-state index contributed by atoms with van der Waals surface area (Å²) in [6.07, 6.45) is 4.00. The smallest absolute Gasteiger partial charge is 0.259 e. The molecule has 6 nitrogen and oxygen atoms in total. The van der Waals surface area contributed by atoms with Crippen LogP contribution >= 0.6 is 0 Å². The highest BCUT2D eigenvalue weighted by Crippen LogP contribution is 2.29. The summed E-state index contributed by atoms with van der Waals surface area (Å²) in [5.74, 6) is -0.933. The van der Waals surface area contributed by atoms with E-state index in [1.165, 1.54) is 12.3 Å². The summed E-state index contributed by atoms with van der Waals surface area (Å²) in [7, 11) is 0. The number of rotatable bonds is 3. The second-order valence-corrected chi connectivity index (χ2v) is 6.17. The number of amides is 1. The van der Waals surface area contributed by atoms with Gasteiger partial charge in [-0.1, -0.05) is 19.0 Å². The van der Waals surface area contributed by atoms with Crippen LogP contribution in [0.15, 0.2) is 53.4 Å². The molecule has 0 fully saturated rings. The van der Waals surface area contributed by atoms with Gasteiger partial charge in [0.25, 0.3) is 5.91 Å². The van der Waals surface area contributed by atoms with Crippen molar-refractivity contribution in [2.75, 3.05) is 5.32 Å². The number of pyridine rings is 2. The van der Waals surface area contributed by atoms with Crippen molar-refractivity contribution in [3.63, 3.8) is 0 Å². The van der Waals surface area contributed by atoms with Gasteiger partial charge in [-0.05, 0) is 55.3 Å². The third-order valence-electron chi connectivity index (χ3n) is 4.33. The number of carbonyl (C=O) groups is 1. The van der Waals surface area contributed by atoms with Crippen molar-refractivity contribution >= 4 is 22.7 Å². The molecule has 0 spiro atoms. The standard InChI is InChI=1S/C20H15FN4O2.C2H6.H2/c1-11-7-16-12(2)25-27-18(16)8-15(11)13-3-4-19(23-9-13)24-20(26)14-5-6-22-10-17(14)21;1-2;/h3-10H,1-2H3,(H,23,24,26);1-2H3;1H. The number of halogens is 1. The molecule has 0 aliphatic carbocycles. The van der Waals surface area contributed by atoms with Gasteiger partial charge in [0.15, 0.2) is 11.4 Å². The van der Waals surface area contributed by atoms with Gasteiger partial charge in [-0.25, -0.2) is 9.37 Å². The molecule has 7 heteroatoms. The van der Waals surface area contributed by atoms with Gasteiger partial charge >= 0.3 is 0 Å². The van der Waals surface area contributed by atoms with E-state index in [9.17, 15) is 9.18 Å². The molecule has 29 heavy (non-hydrogen) atoms. The fourth-order valence-corrected chi connectivity index (χ4v) is 2.89. The van der Waals surface area contributed by atoms with Crippen molar-refractivity contribution in [1.82, 2.24) is 15.1 Å². The summed E-state index contributed by atoms with van der Waals surface area (Å²) >= 11 is 0. The molecule has 0 atom stereocenters. The lowest BCUT2D eigenvalue weighted by Crippen LogP contribution is -2.14. The van der Waals surface area contributed by atoms with E-state index in [0.717, 1.165) is 34.0 Å². The maximum atomic E-state index is 13.6. The van der Waals surface area contributed by atoms with Crippen LogP contribution in [0.5, 0.6) is 0 Å². The second-order valence-electron chi connectivity index (χ2n) is 6.17. The monoisotopic (exact) mass is 394 g/mol. The summed E-state index contributed by atoms with van der Waals surface area (Å²) < 4.78 is 19.0. The summed E-state index contributed by atoms with van der Waals surface area (Å²) in [6.45, 7) is 7.90. The molecule has 0 unspecified atom stereocenters. The molecular formula is C22H23FN4O2. The molecule has 0 aliphatic heterocycles. The van der Waals surface area contributed by atoms with Crippen LogP contribution < -0.4 is 5.32 Å². The van der Waals surface area contributed by atoms with Crippen molar-refractivity contribution in [1.29, 1.82) is 0 Å². The largest absolute Gasteiger partial charge is 0.356 e. The molecule has 0 bridgehead atoms. The van der Waals surface area contributed by atoms with Crippen LogP contribution in [0.1, 0.15) is 36.9 Å². The van der Waals surface area contributed by atoms with Gasteiger partial charge in [0.05, 0.1) is 17.5 Å². The van der Waals surface area contributed by atoms with Gasteiger partial charge in [0.1, 0.15) is 5.82 Å². The zero-order valence-electron chi connectivity index (χ0n) is 16.7. The van der Waals surface area contributed by atoms with Gasteiger partial charge in [-0.2, -0.15) is 0 Å². The Bertz CT molecular complexity index is 1160. The van der Waals surface area contributed by atoms with E-state index >= 15 is 0 Å². The molecule has 1 amide bonds. The molecule has 0 saturated carbocycles. The van der Waals surface area contributed by atoms with Crippen molar-refractivity contribution in [3.8, 4) is 11.1 Å². The van der Waals surface area contributed by atoms with E-state index in [0.29, 0.717) is 11.4 Å². The Morgan fingerprint density at radius 2 is 1.93 bits per heavy atom. The number of aryl methyl sites for hydroxylation is 2. The quantitative estimate of drug-likeness (QED) is 0.492. The Kier molecular flexibility index (Phi) is 5.97. The predicted molar refractivity (Wildman–Crippen MR) is 112 cm³/mol. The minimum Gasteiger partial charge on any atom is -0.356 e. The van der Waals surface area contributed by atoms with Crippen LogP contribution in [0.4, 0.5) is 10.2 Å². The van der Waals surface area contributed by atoms with E-state index in [2.05, 4.69) is 20.4 Å². The average Bonchev–Trinajstić information content (AvgIpc) is 3.09. The normalized spacial score (nSPS) is 10.4. The molecule has 1 N–H and O–H groups in total. The molecular weight excluding hydrogens is 371 g/mol. The Balaban J connectivity index is 0.00000104. The first kappa shape index (κ1) is 20.1. The number of nitrogens with one attached hydrogen (secondary N) is 1. The van der Waals surface area contributed by atoms with Gasteiger partial charge in [-0.15, -0.1) is 0 Å². The van der Waals surface area contributed by atoms with Crippen LogP contribution in [0.2, 0.25) is 0 Å². The highest BCUT2D eigenvalue weighted by molar-refractivity contribution is 6.03. The van der Waals surface area contributed by atoms with Crippen molar-refractivity contribution < 1.29 is 15.1 Å². The lowest BCUT2D eigenvalue weighted by molar-refractivity contribution is 0.102. The van der Waals surface area contributed by atoms with Crippen LogP contribution in [0.3, 0.4) is 0 Å². The number of hydrogen-bond acceptors (Lipinski definition) is 5. The first-order valence-corrected chi connectivity index (χ1v) is 9.27. The molecule has 3 heterocycles. The Labute approximate surface area is 169 Å². The van der Waals surface area contributed by atoms with Crippen LogP contribution in [-0.4, -0.2) is 21.0 Å². The lowest BCUT2D eigenvalue weighted by atomic mass is 10.00. The maximum Gasteiger partial charge on any atom is 0.259 e. The summed E-state index contributed by atoms with van der Waals surface area (Å²) in [5, 5.41) is 7.54. The van der Waals surface area contributed by atoms with E-state index < -0.39 is 11.7 Å². The van der Waals surface area contributed by atoms with Crippen LogP contribution in [-0.2, 0) is 0 Å². The number of aromatic nitrogens is 3. The molecule has 150 valence electrons. The molecule has 1 aromatic carbocycles. The predicted octanol–water partition coefficient (Wildman–Crippen LogP) is 5.57. The van der Waals surface area contributed by atoms with E-state index in [-0.39, 0.29) is 6.99 Å². The topological polar surface area (TPSA) is 80.9 Å². The number of anilines is 1. The maximum absolute atomic E-state index is 13.6. The highest BCUT2D eigenvalue weighted by atomic mass is 19.1. The van der Waals surface area contributed by atoms with E-state index in [1.807, 2.05) is 45.9 Å². The van der Waals surface area contributed by atoms with E-state index in [4.69, 9.17) is 4.52 Å². The molecule has 3 aromatic heterocycles. The Morgan fingerprint density at radius 1 is 1.14 bits per heavy atom. The van der Waals surface area contributed by atoms with Crippen LogP contribution in [0, 0.1) is 19.7 Å². The van der Waals surface area contributed by atoms with Crippen molar-refractivity contribution in [2.45, 2.75) is 27.7 Å². The number of nitrogens with zero attached hydrogens (tertiary/aromatic N) is 3. The molecule has 4 aromatic rings. The first-order valence-electron chi connectivity index (χ1n) is 9.27. The SMILES string of the molecule is CC.Cc1cc2c(C)noc2cc1-c1ccc(NC(=O)c2ccncc2F)nc1.[HH]. The third kappa shape index (κ3) is 4.13. The zero-order chi connectivity index (χ0) is 21.0. The summed E-state index contributed by atoms with van der Waals surface area (Å²) in [6, 6.07) is 8.77. The minimum absolute atomic E-state index is 0. The fourth-order valence-electron chi connectivity index (χ4n) is 2.89. The number of fused-ring (bicyclic) bond motifs is 1. The van der Waals surface area contributed by atoms with Gasteiger partial charge in [-0.3, -0.25) is 9.78 Å². The molecule has 0 aliphatic rings. The van der Waals surface area contributed by atoms with Crippen molar-refractivity contribution in [2.24, 2.45) is 0 Å². The number of carbonyl (C=O) groups excluding carboxylic acids is 1. The second kappa shape index (κ2) is 8.60. The number of hydrogen-bond donors (Lipinski definition) is 1. The minimum atomic E-state index is -0.683. The summed E-state index contributed by atoms with van der Waals surface area (Å²) in [4.78, 5) is 20.0. The van der Waals surface area contributed by atoms with E-state index in [1.54, 1.807) is 12.3 Å². The highest BCUT2D eigenvalue weighted by Gasteiger charge is 2.13. The molecule has 4 rings (SSSR count). The van der Waals surface area contributed by atoms with Crippen molar-refractivity contribution in [3.05, 3.63) is 71.6 Å². The Morgan fingerprint density at radius 3 is 2.62 bits per heavy atom. The average molecular weight is 394 g/mol. The zero-order valence-corrected chi connectivity index (χ0v) is 16.7. The first-order chi connectivity index (χ1) is 14.0. The molecule has 0 saturated heterocycles. The lowest BCUT2D eigenvalue weighted by Gasteiger charge is -2.08.